The summed E-state index contributed by atoms with van der Waals surface area (Å²) in [7, 11) is 0. The van der Waals surface area contributed by atoms with E-state index in [0.29, 0.717) is 22.1 Å². The zero-order valence-corrected chi connectivity index (χ0v) is 12.7. The number of anilines is 2. The smallest absolute Gasteiger partial charge is 0.262 e. The van der Waals surface area contributed by atoms with Crippen LogP contribution in [0.15, 0.2) is 36.4 Å². The quantitative estimate of drug-likeness (QED) is 0.849. The lowest BCUT2D eigenvalue weighted by Crippen LogP contribution is -2.20. The molecule has 0 spiro atoms. The van der Waals surface area contributed by atoms with Crippen LogP contribution < -0.4 is 15.8 Å². The van der Waals surface area contributed by atoms with Gasteiger partial charge in [0.05, 0.1) is 10.7 Å². The minimum absolute atomic E-state index is 0.0798. The first-order chi connectivity index (χ1) is 9.94. The number of halogens is 1. The van der Waals surface area contributed by atoms with E-state index in [4.69, 9.17) is 22.1 Å². The molecule has 1 amide bonds. The van der Waals surface area contributed by atoms with Gasteiger partial charge in [-0.25, -0.2) is 0 Å². The minimum atomic E-state index is -0.277. The zero-order chi connectivity index (χ0) is 15.4. The number of hydrogen-bond donors (Lipinski definition) is 2. The van der Waals surface area contributed by atoms with E-state index in [2.05, 4.69) is 5.32 Å². The second-order valence-electron chi connectivity index (χ2n) is 4.90. The van der Waals surface area contributed by atoms with Gasteiger partial charge >= 0.3 is 0 Å². The van der Waals surface area contributed by atoms with Gasteiger partial charge in [-0.05, 0) is 55.3 Å². The van der Waals surface area contributed by atoms with Crippen LogP contribution >= 0.6 is 11.6 Å². The van der Waals surface area contributed by atoms with Crippen molar-refractivity contribution in [2.75, 3.05) is 17.7 Å². The highest BCUT2D eigenvalue weighted by molar-refractivity contribution is 6.34. The van der Waals surface area contributed by atoms with Crippen LogP contribution in [0.1, 0.15) is 11.1 Å². The number of nitrogens with two attached hydrogens (primary N) is 1. The minimum Gasteiger partial charge on any atom is -0.484 e. The SMILES string of the molecule is Cc1cc(C)cc(OCC(=O)Nc2ccc(N)cc2Cl)c1. The summed E-state index contributed by atoms with van der Waals surface area (Å²) in [5.41, 5.74) is 8.84. The Kier molecular flexibility index (Phi) is 4.70. The van der Waals surface area contributed by atoms with Gasteiger partial charge in [0.1, 0.15) is 5.75 Å². The lowest BCUT2D eigenvalue weighted by molar-refractivity contribution is -0.118. The summed E-state index contributed by atoms with van der Waals surface area (Å²) in [5.74, 6) is 0.395. The maximum Gasteiger partial charge on any atom is 0.262 e. The number of hydrogen-bond acceptors (Lipinski definition) is 3. The van der Waals surface area contributed by atoms with Crippen molar-refractivity contribution >= 4 is 28.9 Å². The fourth-order valence-electron chi connectivity index (χ4n) is 1.98. The number of rotatable bonds is 4. The molecular weight excluding hydrogens is 288 g/mol. The molecule has 2 rings (SSSR count). The zero-order valence-electron chi connectivity index (χ0n) is 11.9. The Morgan fingerprint density at radius 2 is 1.86 bits per heavy atom. The average Bonchev–Trinajstić information content (AvgIpc) is 2.39. The maximum absolute atomic E-state index is 11.9. The van der Waals surface area contributed by atoms with Crippen molar-refractivity contribution < 1.29 is 9.53 Å². The van der Waals surface area contributed by atoms with Crippen LogP contribution in [0.25, 0.3) is 0 Å². The number of amides is 1. The molecule has 0 aliphatic heterocycles. The fourth-order valence-corrected chi connectivity index (χ4v) is 2.22. The number of benzene rings is 2. The second-order valence-corrected chi connectivity index (χ2v) is 5.31. The first-order valence-corrected chi connectivity index (χ1v) is 6.88. The molecule has 3 N–H and O–H groups in total. The molecule has 0 aliphatic carbocycles. The summed E-state index contributed by atoms with van der Waals surface area (Å²) in [5, 5.41) is 3.08. The molecule has 5 heteroatoms. The van der Waals surface area contributed by atoms with Gasteiger partial charge in [-0.1, -0.05) is 17.7 Å². The highest BCUT2D eigenvalue weighted by atomic mass is 35.5. The molecular formula is C16H17ClN2O2. The molecule has 0 atom stereocenters. The van der Waals surface area contributed by atoms with E-state index in [1.54, 1.807) is 18.2 Å². The van der Waals surface area contributed by atoms with Gasteiger partial charge < -0.3 is 15.8 Å². The van der Waals surface area contributed by atoms with E-state index in [-0.39, 0.29) is 12.5 Å². The molecule has 0 saturated carbocycles. The molecule has 0 fully saturated rings. The Balaban J connectivity index is 1.95. The molecule has 0 unspecified atom stereocenters. The van der Waals surface area contributed by atoms with E-state index in [1.165, 1.54) is 0 Å². The van der Waals surface area contributed by atoms with Crippen LogP contribution in [0.2, 0.25) is 5.02 Å². The molecule has 110 valence electrons. The lowest BCUT2D eigenvalue weighted by Gasteiger charge is -2.10. The Labute approximate surface area is 128 Å². The van der Waals surface area contributed by atoms with Crippen molar-refractivity contribution in [2.45, 2.75) is 13.8 Å². The van der Waals surface area contributed by atoms with Crippen LogP contribution in [-0.2, 0) is 4.79 Å². The number of ether oxygens (including phenoxy) is 1. The van der Waals surface area contributed by atoms with Crippen LogP contribution in [0, 0.1) is 13.8 Å². The summed E-state index contributed by atoms with van der Waals surface area (Å²) < 4.78 is 5.49. The molecule has 0 bridgehead atoms. The highest BCUT2D eigenvalue weighted by Gasteiger charge is 2.07. The molecule has 0 radical (unpaired) electrons. The highest BCUT2D eigenvalue weighted by Crippen LogP contribution is 2.24. The summed E-state index contributed by atoms with van der Waals surface area (Å²) >= 11 is 6.00. The number of carbonyl (C=O) groups excluding carboxylic acids is 1. The molecule has 21 heavy (non-hydrogen) atoms. The molecule has 2 aromatic carbocycles. The first kappa shape index (κ1) is 15.2. The van der Waals surface area contributed by atoms with Gasteiger partial charge in [0.2, 0.25) is 0 Å². The van der Waals surface area contributed by atoms with Gasteiger partial charge in [0.25, 0.3) is 5.91 Å². The molecule has 2 aromatic rings. The first-order valence-electron chi connectivity index (χ1n) is 6.50. The van der Waals surface area contributed by atoms with Crippen molar-refractivity contribution in [3.8, 4) is 5.75 Å². The summed E-state index contributed by atoms with van der Waals surface area (Å²) in [6.07, 6.45) is 0. The van der Waals surface area contributed by atoms with E-state index < -0.39 is 0 Å². The third kappa shape index (κ3) is 4.39. The third-order valence-electron chi connectivity index (χ3n) is 2.83. The van der Waals surface area contributed by atoms with Crippen molar-refractivity contribution in [3.63, 3.8) is 0 Å². The fraction of sp³-hybridized carbons (Fsp3) is 0.188. The number of carbonyl (C=O) groups is 1. The van der Waals surface area contributed by atoms with E-state index >= 15 is 0 Å². The molecule has 0 aromatic heterocycles. The van der Waals surface area contributed by atoms with Crippen LogP contribution in [0.3, 0.4) is 0 Å². The largest absolute Gasteiger partial charge is 0.484 e. The number of nitrogen functional groups attached to an aromatic ring is 1. The van der Waals surface area contributed by atoms with Gasteiger partial charge in [-0.2, -0.15) is 0 Å². The molecule has 0 aliphatic rings. The summed E-state index contributed by atoms with van der Waals surface area (Å²) in [6, 6.07) is 10.7. The average molecular weight is 305 g/mol. The molecule has 4 nitrogen and oxygen atoms in total. The third-order valence-corrected chi connectivity index (χ3v) is 3.15. The Morgan fingerprint density at radius 1 is 1.19 bits per heavy atom. The maximum atomic E-state index is 11.9. The summed E-state index contributed by atoms with van der Waals surface area (Å²) in [4.78, 5) is 11.9. The monoisotopic (exact) mass is 304 g/mol. The molecule has 0 saturated heterocycles. The van der Waals surface area contributed by atoms with Crippen molar-refractivity contribution in [2.24, 2.45) is 0 Å². The van der Waals surface area contributed by atoms with Crippen LogP contribution in [0.5, 0.6) is 5.75 Å². The van der Waals surface area contributed by atoms with Gasteiger partial charge in [0, 0.05) is 5.69 Å². The van der Waals surface area contributed by atoms with Crippen molar-refractivity contribution in [1.29, 1.82) is 0 Å². The van der Waals surface area contributed by atoms with Gasteiger partial charge in [-0.3, -0.25) is 4.79 Å². The summed E-state index contributed by atoms with van der Waals surface area (Å²) in [6.45, 7) is 3.88. The number of nitrogens with one attached hydrogen (secondary N) is 1. The van der Waals surface area contributed by atoms with Crippen LogP contribution in [0.4, 0.5) is 11.4 Å². The Hall–Kier alpha value is -2.20. The standard InChI is InChI=1S/C16H17ClN2O2/c1-10-5-11(2)7-13(6-10)21-9-16(20)19-15-4-3-12(18)8-14(15)17/h3-8H,9,18H2,1-2H3,(H,19,20). The molecule has 0 heterocycles. The van der Waals surface area contributed by atoms with Crippen molar-refractivity contribution in [3.05, 3.63) is 52.5 Å². The van der Waals surface area contributed by atoms with E-state index in [0.717, 1.165) is 11.1 Å². The predicted octanol–water partition coefficient (Wildman–Crippen LogP) is 3.56. The van der Waals surface area contributed by atoms with Gasteiger partial charge in [0.15, 0.2) is 6.61 Å². The van der Waals surface area contributed by atoms with E-state index in [1.807, 2.05) is 32.0 Å². The number of aryl methyl sites for hydroxylation is 2. The van der Waals surface area contributed by atoms with Crippen molar-refractivity contribution in [1.82, 2.24) is 0 Å². The normalized spacial score (nSPS) is 10.2. The Morgan fingerprint density at radius 3 is 2.48 bits per heavy atom. The van der Waals surface area contributed by atoms with E-state index in [9.17, 15) is 4.79 Å². The Bertz CT molecular complexity index is 651. The van der Waals surface area contributed by atoms with Gasteiger partial charge in [-0.15, -0.1) is 0 Å². The lowest BCUT2D eigenvalue weighted by atomic mass is 10.1. The topological polar surface area (TPSA) is 64.3 Å². The van der Waals surface area contributed by atoms with Crippen LogP contribution in [-0.4, -0.2) is 12.5 Å². The predicted molar refractivity (Wildman–Crippen MR) is 85.9 cm³/mol. The second kappa shape index (κ2) is 6.50.